The van der Waals surface area contributed by atoms with Crippen molar-refractivity contribution in [1.82, 2.24) is 25.3 Å². The molecule has 1 aliphatic rings. The summed E-state index contributed by atoms with van der Waals surface area (Å²) >= 11 is 0. The van der Waals surface area contributed by atoms with Gasteiger partial charge in [0.25, 0.3) is 0 Å². The molecule has 0 aliphatic carbocycles. The van der Waals surface area contributed by atoms with E-state index in [9.17, 15) is 14.7 Å². The maximum absolute atomic E-state index is 12.3. The number of hydrogen-bond acceptors (Lipinski definition) is 10. The lowest BCUT2D eigenvalue weighted by Gasteiger charge is -2.33. The zero-order valence-electron chi connectivity index (χ0n) is 23.5. The van der Waals surface area contributed by atoms with Crippen molar-refractivity contribution in [2.24, 2.45) is 0 Å². The summed E-state index contributed by atoms with van der Waals surface area (Å²) in [7, 11) is 1.48. The molecule has 1 fully saturated rings. The van der Waals surface area contributed by atoms with Crippen molar-refractivity contribution in [3.63, 3.8) is 0 Å². The third-order valence-corrected chi connectivity index (χ3v) is 7.26. The highest BCUT2D eigenvalue weighted by Gasteiger charge is 2.26. The molecule has 1 unspecified atom stereocenters. The molecule has 4 aromatic rings. The van der Waals surface area contributed by atoms with Gasteiger partial charge in [-0.05, 0) is 49.6 Å². The van der Waals surface area contributed by atoms with Gasteiger partial charge in [-0.15, -0.1) is 0 Å². The summed E-state index contributed by atoms with van der Waals surface area (Å²) in [6.07, 6.45) is 2.70. The van der Waals surface area contributed by atoms with Crippen LogP contribution in [-0.2, 0) is 16.1 Å². The lowest BCUT2D eigenvalue weighted by atomic mass is 9.92. The smallest absolute Gasteiger partial charge is 0.408 e. The third kappa shape index (κ3) is 6.82. The normalized spacial score (nSPS) is 14.3. The van der Waals surface area contributed by atoms with E-state index in [0.717, 1.165) is 53.8 Å². The number of alkyl carbamates (subject to hydrolysis) is 1. The van der Waals surface area contributed by atoms with Crippen LogP contribution in [0, 0.1) is 6.92 Å². The average molecular weight is 572 g/mol. The Morgan fingerprint density at radius 2 is 1.83 bits per heavy atom. The van der Waals surface area contributed by atoms with E-state index < -0.39 is 18.1 Å². The Kier molecular flexibility index (Phi) is 8.90. The molecular weight excluding hydrogens is 538 g/mol. The van der Waals surface area contributed by atoms with E-state index >= 15 is 0 Å². The number of piperidine rings is 1. The summed E-state index contributed by atoms with van der Waals surface area (Å²) in [6, 6.07) is 16.1. The number of pyridine rings is 2. The van der Waals surface area contributed by atoms with Crippen molar-refractivity contribution in [3.8, 4) is 6.01 Å². The van der Waals surface area contributed by atoms with E-state index in [1.807, 2.05) is 49.4 Å². The van der Waals surface area contributed by atoms with Gasteiger partial charge in [-0.2, -0.15) is 9.97 Å². The van der Waals surface area contributed by atoms with Gasteiger partial charge in [0.2, 0.25) is 0 Å². The second kappa shape index (κ2) is 13.1. The largest absolute Gasteiger partial charge is 0.480 e. The van der Waals surface area contributed by atoms with Crippen LogP contribution >= 0.6 is 0 Å². The predicted molar refractivity (Wildman–Crippen MR) is 157 cm³/mol. The van der Waals surface area contributed by atoms with Crippen molar-refractivity contribution in [1.29, 1.82) is 0 Å². The SMILES string of the molecule is COc1nc(NCC(NC(=O)OCc2ccccc2)C(=O)O)c(C)c(N2CCC(c3ccc4cccnc4n3)CC2)n1. The number of ether oxygens (including phenoxy) is 2. The highest BCUT2D eigenvalue weighted by Crippen LogP contribution is 2.33. The van der Waals surface area contributed by atoms with Gasteiger partial charge in [0.1, 0.15) is 24.3 Å². The predicted octanol–water partition coefficient (Wildman–Crippen LogP) is 3.91. The first kappa shape index (κ1) is 28.5. The Bertz CT molecular complexity index is 1540. The van der Waals surface area contributed by atoms with E-state index in [0.29, 0.717) is 17.6 Å². The molecular formula is C30H33N7O5. The van der Waals surface area contributed by atoms with E-state index in [2.05, 4.69) is 42.6 Å². The molecule has 5 rings (SSSR count). The van der Waals surface area contributed by atoms with Gasteiger partial charge in [0.05, 0.1) is 7.11 Å². The summed E-state index contributed by atoms with van der Waals surface area (Å²) < 4.78 is 10.5. The van der Waals surface area contributed by atoms with Crippen LogP contribution in [0.2, 0.25) is 0 Å². The number of carbonyl (C=O) groups excluding carboxylic acids is 1. The van der Waals surface area contributed by atoms with Gasteiger partial charge in [-0.1, -0.05) is 30.3 Å². The standard InChI is InChI=1S/C30H33N7O5/c1-19-25(32-17-24(28(38)39)34-30(40)42-18-20-7-4-3-5-8-20)35-29(41-2)36-27(19)37-15-12-21(13-16-37)23-11-10-22-9-6-14-31-26(22)33-23/h3-11,14,21,24H,12-13,15-18H2,1-2H3,(H,34,40)(H,38,39)(H,32,35,36). The number of rotatable bonds is 10. The number of fused-ring (bicyclic) bond motifs is 1. The topological polar surface area (TPSA) is 152 Å². The molecule has 0 radical (unpaired) electrons. The Balaban J connectivity index is 1.22. The summed E-state index contributed by atoms with van der Waals surface area (Å²) in [4.78, 5) is 44.5. The molecule has 0 spiro atoms. The molecule has 3 N–H and O–H groups in total. The van der Waals surface area contributed by atoms with Crippen LogP contribution in [-0.4, -0.2) is 69.9 Å². The molecule has 1 atom stereocenters. The molecule has 1 saturated heterocycles. The van der Waals surface area contributed by atoms with E-state index in [1.165, 1.54) is 7.11 Å². The zero-order valence-corrected chi connectivity index (χ0v) is 23.5. The lowest BCUT2D eigenvalue weighted by Crippen LogP contribution is -2.45. The maximum atomic E-state index is 12.3. The van der Waals surface area contributed by atoms with Gasteiger partial charge in [-0.3, -0.25) is 0 Å². The van der Waals surface area contributed by atoms with Crippen molar-refractivity contribution < 1.29 is 24.2 Å². The van der Waals surface area contributed by atoms with Crippen molar-refractivity contribution in [2.75, 3.05) is 37.0 Å². The number of nitrogens with zero attached hydrogens (tertiary/aromatic N) is 5. The minimum Gasteiger partial charge on any atom is -0.480 e. The van der Waals surface area contributed by atoms with Crippen LogP contribution in [0.1, 0.15) is 35.6 Å². The molecule has 0 bridgehead atoms. The number of methoxy groups -OCH3 is 1. The molecule has 12 heteroatoms. The Labute approximate surface area is 243 Å². The van der Waals surface area contributed by atoms with Crippen LogP contribution in [0.15, 0.2) is 60.8 Å². The fourth-order valence-electron chi connectivity index (χ4n) is 4.94. The van der Waals surface area contributed by atoms with Crippen LogP contribution in [0.4, 0.5) is 16.4 Å². The van der Waals surface area contributed by atoms with Crippen LogP contribution in [0.5, 0.6) is 6.01 Å². The molecule has 1 amide bonds. The fourth-order valence-corrected chi connectivity index (χ4v) is 4.94. The van der Waals surface area contributed by atoms with Crippen molar-refractivity contribution in [2.45, 2.75) is 38.3 Å². The molecule has 12 nitrogen and oxygen atoms in total. The Hall–Kier alpha value is -5.00. The maximum Gasteiger partial charge on any atom is 0.408 e. The Morgan fingerprint density at radius 3 is 2.57 bits per heavy atom. The highest BCUT2D eigenvalue weighted by atomic mass is 16.5. The van der Waals surface area contributed by atoms with Gasteiger partial charge in [-0.25, -0.2) is 19.6 Å². The lowest BCUT2D eigenvalue weighted by molar-refractivity contribution is -0.139. The minimum absolute atomic E-state index is 0.0303. The number of carboxylic acid groups (broad SMARTS) is 1. The number of aromatic nitrogens is 4. The molecule has 1 aromatic carbocycles. The Morgan fingerprint density at radius 1 is 1.05 bits per heavy atom. The number of nitrogens with one attached hydrogen (secondary N) is 2. The van der Waals surface area contributed by atoms with Crippen molar-refractivity contribution in [3.05, 3.63) is 77.6 Å². The first-order valence-electron chi connectivity index (χ1n) is 13.7. The van der Waals surface area contributed by atoms with E-state index in [4.69, 9.17) is 14.5 Å². The average Bonchev–Trinajstić information content (AvgIpc) is 3.03. The fraction of sp³-hybridized carbons (Fsp3) is 0.333. The van der Waals surface area contributed by atoms with E-state index in [-0.39, 0.29) is 19.2 Å². The summed E-state index contributed by atoms with van der Waals surface area (Å²) in [5.41, 5.74) is 3.33. The second-order valence-electron chi connectivity index (χ2n) is 10.0. The summed E-state index contributed by atoms with van der Waals surface area (Å²) in [6.45, 7) is 3.28. The third-order valence-electron chi connectivity index (χ3n) is 7.26. The monoisotopic (exact) mass is 571 g/mol. The number of benzene rings is 1. The van der Waals surface area contributed by atoms with E-state index in [1.54, 1.807) is 6.20 Å². The van der Waals surface area contributed by atoms with Gasteiger partial charge >= 0.3 is 18.1 Å². The van der Waals surface area contributed by atoms with Gasteiger partial charge in [0, 0.05) is 48.4 Å². The number of hydrogen-bond donors (Lipinski definition) is 3. The van der Waals surface area contributed by atoms with Gasteiger partial charge in [0.15, 0.2) is 5.65 Å². The molecule has 4 heterocycles. The number of aliphatic carboxylic acids is 1. The summed E-state index contributed by atoms with van der Waals surface area (Å²) in [5, 5.41) is 16.2. The zero-order chi connectivity index (χ0) is 29.5. The van der Waals surface area contributed by atoms with Crippen LogP contribution < -0.4 is 20.3 Å². The van der Waals surface area contributed by atoms with Crippen LogP contribution in [0.25, 0.3) is 11.0 Å². The highest BCUT2D eigenvalue weighted by molar-refractivity contribution is 5.80. The molecule has 3 aromatic heterocycles. The second-order valence-corrected chi connectivity index (χ2v) is 10.0. The first-order chi connectivity index (χ1) is 20.4. The first-order valence-corrected chi connectivity index (χ1v) is 13.7. The number of amides is 1. The van der Waals surface area contributed by atoms with Crippen LogP contribution in [0.3, 0.4) is 0 Å². The molecule has 1 aliphatic heterocycles. The summed E-state index contributed by atoms with van der Waals surface area (Å²) in [5.74, 6) is 0.223. The molecule has 42 heavy (non-hydrogen) atoms. The number of carbonyl (C=O) groups is 2. The number of carboxylic acids is 1. The number of anilines is 2. The quantitative estimate of drug-likeness (QED) is 0.254. The molecule has 218 valence electrons. The van der Waals surface area contributed by atoms with Crippen molar-refractivity contribution >= 4 is 34.7 Å². The minimum atomic E-state index is -1.25. The molecule has 0 saturated carbocycles. The van der Waals surface area contributed by atoms with Gasteiger partial charge < -0.3 is 30.1 Å².